The molecule has 0 saturated carbocycles. The van der Waals surface area contributed by atoms with Gasteiger partial charge in [0.2, 0.25) is 0 Å². The van der Waals surface area contributed by atoms with E-state index in [0.717, 1.165) is 19.5 Å². The highest BCUT2D eigenvalue weighted by molar-refractivity contribution is 6.01. The predicted octanol–water partition coefficient (Wildman–Crippen LogP) is 1.51. The number of hydrogen-bond acceptors (Lipinski definition) is 4. The van der Waals surface area contributed by atoms with Gasteiger partial charge in [-0.3, -0.25) is 4.79 Å². The van der Waals surface area contributed by atoms with Crippen molar-refractivity contribution >= 4 is 17.3 Å². The highest BCUT2D eigenvalue weighted by Gasteiger charge is 2.10. The van der Waals surface area contributed by atoms with E-state index in [1.165, 1.54) is 0 Å². The van der Waals surface area contributed by atoms with Crippen LogP contribution in [0.25, 0.3) is 0 Å². The number of primary amides is 1. The molecule has 1 amide bonds. The average molecular weight is 264 g/mol. The Morgan fingerprint density at radius 2 is 2.11 bits per heavy atom. The van der Waals surface area contributed by atoms with Gasteiger partial charge in [-0.1, -0.05) is 6.07 Å². The number of amides is 1. The number of para-hydroxylation sites is 1. The summed E-state index contributed by atoms with van der Waals surface area (Å²) in [6.07, 6.45) is 0.973. The van der Waals surface area contributed by atoms with Gasteiger partial charge in [-0.25, -0.2) is 0 Å². The van der Waals surface area contributed by atoms with Crippen molar-refractivity contribution in [2.75, 3.05) is 31.2 Å². The van der Waals surface area contributed by atoms with Crippen LogP contribution in [0, 0.1) is 0 Å². The van der Waals surface area contributed by atoms with Crippen molar-refractivity contribution in [2.45, 2.75) is 26.3 Å². The number of benzene rings is 1. The van der Waals surface area contributed by atoms with Crippen molar-refractivity contribution in [3.05, 3.63) is 23.8 Å². The fourth-order valence-corrected chi connectivity index (χ4v) is 1.77. The van der Waals surface area contributed by atoms with Gasteiger partial charge >= 0.3 is 0 Å². The summed E-state index contributed by atoms with van der Waals surface area (Å²) in [6.45, 7) is 6.07. The molecular weight excluding hydrogens is 240 g/mol. The van der Waals surface area contributed by atoms with Crippen LogP contribution >= 0.6 is 0 Å². The van der Waals surface area contributed by atoms with Crippen LogP contribution in [0.15, 0.2) is 18.2 Å². The molecule has 0 aromatic heterocycles. The van der Waals surface area contributed by atoms with Crippen molar-refractivity contribution < 1.29 is 4.79 Å². The van der Waals surface area contributed by atoms with E-state index in [9.17, 15) is 4.79 Å². The van der Waals surface area contributed by atoms with Crippen LogP contribution in [0.1, 0.15) is 30.6 Å². The van der Waals surface area contributed by atoms with Crippen molar-refractivity contribution in [2.24, 2.45) is 5.73 Å². The van der Waals surface area contributed by atoms with Crippen LogP contribution in [0.5, 0.6) is 0 Å². The summed E-state index contributed by atoms with van der Waals surface area (Å²) >= 11 is 0. The molecule has 5 N–H and O–H groups in total. The van der Waals surface area contributed by atoms with Crippen LogP contribution in [-0.2, 0) is 0 Å². The molecular formula is C14H24N4O. The summed E-state index contributed by atoms with van der Waals surface area (Å²) in [7, 11) is 2.09. The number of nitrogens with one attached hydrogen (secondary N) is 1. The largest absolute Gasteiger partial charge is 0.397 e. The number of carbonyl (C=O) groups excluding carboxylic acids is 1. The van der Waals surface area contributed by atoms with E-state index in [4.69, 9.17) is 11.5 Å². The van der Waals surface area contributed by atoms with Crippen LogP contribution in [0.4, 0.5) is 11.4 Å². The average Bonchev–Trinajstić information content (AvgIpc) is 2.35. The van der Waals surface area contributed by atoms with Crippen molar-refractivity contribution in [1.82, 2.24) is 4.90 Å². The monoisotopic (exact) mass is 264 g/mol. The molecule has 0 radical (unpaired) electrons. The molecule has 0 spiro atoms. The van der Waals surface area contributed by atoms with Gasteiger partial charge < -0.3 is 21.7 Å². The van der Waals surface area contributed by atoms with Crippen LogP contribution in [-0.4, -0.2) is 37.0 Å². The Balaban J connectivity index is 2.56. The zero-order valence-corrected chi connectivity index (χ0v) is 11.9. The van der Waals surface area contributed by atoms with Gasteiger partial charge in [-0.15, -0.1) is 0 Å². The summed E-state index contributed by atoms with van der Waals surface area (Å²) in [5, 5.41) is 3.20. The highest BCUT2D eigenvalue weighted by atomic mass is 16.1. The van der Waals surface area contributed by atoms with E-state index in [0.29, 0.717) is 23.0 Å². The highest BCUT2D eigenvalue weighted by Crippen LogP contribution is 2.22. The molecule has 0 bridgehead atoms. The Hall–Kier alpha value is -1.75. The lowest BCUT2D eigenvalue weighted by Crippen LogP contribution is -2.28. The zero-order chi connectivity index (χ0) is 14.4. The molecule has 0 unspecified atom stereocenters. The summed E-state index contributed by atoms with van der Waals surface area (Å²) in [5.41, 5.74) is 12.8. The third kappa shape index (κ3) is 4.44. The van der Waals surface area contributed by atoms with Crippen LogP contribution in [0.3, 0.4) is 0 Å². The fraction of sp³-hybridized carbons (Fsp3) is 0.500. The van der Waals surface area contributed by atoms with Gasteiger partial charge in [0.1, 0.15) is 0 Å². The lowest BCUT2D eigenvalue weighted by molar-refractivity contribution is 0.100. The first kappa shape index (κ1) is 15.3. The molecule has 5 heteroatoms. The van der Waals surface area contributed by atoms with Crippen LogP contribution < -0.4 is 16.8 Å². The topological polar surface area (TPSA) is 84.4 Å². The van der Waals surface area contributed by atoms with Gasteiger partial charge in [0.15, 0.2) is 0 Å². The Morgan fingerprint density at radius 1 is 1.42 bits per heavy atom. The first-order valence-corrected chi connectivity index (χ1v) is 6.56. The van der Waals surface area contributed by atoms with E-state index in [-0.39, 0.29) is 0 Å². The molecule has 1 aromatic carbocycles. The third-order valence-electron chi connectivity index (χ3n) is 3.23. The SMILES string of the molecule is CC(C)N(C)CCCNc1c(N)cccc1C(N)=O. The normalized spacial score (nSPS) is 11.0. The maximum atomic E-state index is 11.3. The van der Waals surface area contributed by atoms with Gasteiger partial charge in [-0.2, -0.15) is 0 Å². The van der Waals surface area contributed by atoms with Crippen LogP contribution in [0.2, 0.25) is 0 Å². The number of nitrogen functional groups attached to an aromatic ring is 1. The minimum atomic E-state index is -0.464. The molecule has 0 aliphatic rings. The number of nitrogens with two attached hydrogens (primary N) is 2. The first-order valence-electron chi connectivity index (χ1n) is 6.56. The molecule has 0 aliphatic heterocycles. The number of anilines is 2. The first-order chi connectivity index (χ1) is 8.93. The minimum Gasteiger partial charge on any atom is -0.397 e. The second kappa shape index (κ2) is 6.99. The summed E-state index contributed by atoms with van der Waals surface area (Å²) in [4.78, 5) is 13.6. The fourth-order valence-electron chi connectivity index (χ4n) is 1.77. The number of carbonyl (C=O) groups is 1. The van der Waals surface area contributed by atoms with E-state index in [1.54, 1.807) is 18.2 Å². The Kier molecular flexibility index (Phi) is 5.63. The summed E-state index contributed by atoms with van der Waals surface area (Å²) in [6, 6.07) is 5.70. The van der Waals surface area contributed by atoms with E-state index >= 15 is 0 Å². The lowest BCUT2D eigenvalue weighted by Gasteiger charge is -2.21. The van der Waals surface area contributed by atoms with Gasteiger partial charge in [0.25, 0.3) is 5.91 Å². The molecule has 19 heavy (non-hydrogen) atoms. The van der Waals surface area contributed by atoms with Gasteiger partial charge in [-0.05, 0) is 46.0 Å². The summed E-state index contributed by atoms with van der Waals surface area (Å²) < 4.78 is 0. The molecule has 0 aliphatic carbocycles. The maximum Gasteiger partial charge on any atom is 0.250 e. The Morgan fingerprint density at radius 3 is 2.68 bits per heavy atom. The molecule has 5 nitrogen and oxygen atoms in total. The number of nitrogens with zero attached hydrogens (tertiary/aromatic N) is 1. The Bertz CT molecular complexity index is 431. The third-order valence-corrected chi connectivity index (χ3v) is 3.23. The van der Waals surface area contributed by atoms with E-state index < -0.39 is 5.91 Å². The maximum absolute atomic E-state index is 11.3. The Labute approximate surface area is 115 Å². The summed E-state index contributed by atoms with van der Waals surface area (Å²) in [5.74, 6) is -0.464. The molecule has 1 aromatic rings. The molecule has 0 fully saturated rings. The molecule has 0 atom stereocenters. The van der Waals surface area contributed by atoms with Crippen molar-refractivity contribution in [1.29, 1.82) is 0 Å². The van der Waals surface area contributed by atoms with Crippen molar-refractivity contribution in [3.8, 4) is 0 Å². The minimum absolute atomic E-state index is 0.442. The van der Waals surface area contributed by atoms with Crippen molar-refractivity contribution in [3.63, 3.8) is 0 Å². The second-order valence-electron chi connectivity index (χ2n) is 4.99. The number of rotatable bonds is 7. The number of hydrogen-bond donors (Lipinski definition) is 3. The van der Waals surface area contributed by atoms with Gasteiger partial charge in [0, 0.05) is 12.6 Å². The van der Waals surface area contributed by atoms with E-state index in [2.05, 4.69) is 31.1 Å². The zero-order valence-electron chi connectivity index (χ0n) is 11.9. The smallest absolute Gasteiger partial charge is 0.250 e. The van der Waals surface area contributed by atoms with Gasteiger partial charge in [0.05, 0.1) is 16.9 Å². The van der Waals surface area contributed by atoms with E-state index in [1.807, 2.05) is 0 Å². The lowest BCUT2D eigenvalue weighted by atomic mass is 10.1. The molecule has 0 heterocycles. The predicted molar refractivity (Wildman–Crippen MR) is 80.2 cm³/mol. The quantitative estimate of drug-likeness (QED) is 0.515. The molecule has 106 valence electrons. The molecule has 0 saturated heterocycles. The standard InChI is InChI=1S/C14H24N4O/c1-10(2)18(3)9-5-8-17-13-11(14(16)19)6-4-7-12(13)15/h4,6-7,10,17H,5,8-9,15H2,1-3H3,(H2,16,19). The molecule has 1 rings (SSSR count). The second-order valence-corrected chi connectivity index (χ2v) is 4.99.